The topological polar surface area (TPSA) is 12.5 Å². The Balaban J connectivity index is 2.17. The highest BCUT2D eigenvalue weighted by Crippen LogP contribution is 2.18. The summed E-state index contributed by atoms with van der Waals surface area (Å²) < 4.78 is 7.43. The smallest absolute Gasteiger partial charge is 0.0913 e. The molecule has 1 heterocycles. The van der Waals surface area contributed by atoms with Gasteiger partial charge in [0.05, 0.1) is 12.9 Å². The number of piperidine rings is 1. The van der Waals surface area contributed by atoms with Crippen molar-refractivity contribution >= 4 is 9.39 Å². The SMILES string of the molecule is C=COCC1CCCN(P)C1. The fourth-order valence-electron chi connectivity index (χ4n) is 1.44. The quantitative estimate of drug-likeness (QED) is 0.475. The number of nitrogens with zero attached hydrogens (tertiary/aromatic N) is 1. The monoisotopic (exact) mass is 173 g/mol. The van der Waals surface area contributed by atoms with E-state index >= 15 is 0 Å². The third-order valence-electron chi connectivity index (χ3n) is 2.00. The second kappa shape index (κ2) is 4.74. The molecule has 0 bridgehead atoms. The highest BCUT2D eigenvalue weighted by atomic mass is 31.0. The molecule has 0 amide bonds. The van der Waals surface area contributed by atoms with Gasteiger partial charge in [-0.05, 0) is 12.8 Å². The van der Waals surface area contributed by atoms with Crippen LogP contribution in [0.2, 0.25) is 0 Å². The standard InChI is InChI=1S/C8H16NOP/c1-2-10-7-8-4-3-5-9(11)6-8/h2,8H,1,3-7,11H2. The van der Waals surface area contributed by atoms with Gasteiger partial charge in [0, 0.05) is 19.0 Å². The van der Waals surface area contributed by atoms with Gasteiger partial charge >= 0.3 is 0 Å². The minimum Gasteiger partial charge on any atom is -0.501 e. The zero-order chi connectivity index (χ0) is 8.10. The molecule has 1 saturated heterocycles. The molecule has 0 N–H and O–H groups in total. The highest BCUT2D eigenvalue weighted by Gasteiger charge is 2.16. The first-order valence-electron chi connectivity index (χ1n) is 4.05. The van der Waals surface area contributed by atoms with E-state index in [-0.39, 0.29) is 0 Å². The molecule has 0 spiro atoms. The molecule has 0 aliphatic carbocycles. The number of rotatable bonds is 3. The molecule has 1 rings (SSSR count). The van der Waals surface area contributed by atoms with Crippen LogP contribution in [0.25, 0.3) is 0 Å². The van der Waals surface area contributed by atoms with Gasteiger partial charge in [-0.3, -0.25) is 4.67 Å². The van der Waals surface area contributed by atoms with Gasteiger partial charge in [0.15, 0.2) is 0 Å². The summed E-state index contributed by atoms with van der Waals surface area (Å²) in [5.41, 5.74) is 0. The van der Waals surface area contributed by atoms with Gasteiger partial charge in [-0.25, -0.2) is 0 Å². The molecule has 64 valence electrons. The maximum absolute atomic E-state index is 5.15. The Kier molecular flexibility index (Phi) is 3.88. The van der Waals surface area contributed by atoms with Gasteiger partial charge < -0.3 is 4.74 Å². The summed E-state index contributed by atoms with van der Waals surface area (Å²) in [6.07, 6.45) is 4.11. The van der Waals surface area contributed by atoms with Crippen LogP contribution < -0.4 is 0 Å². The molecule has 11 heavy (non-hydrogen) atoms. The molecule has 0 aromatic carbocycles. The van der Waals surface area contributed by atoms with E-state index in [1.807, 2.05) is 0 Å². The van der Waals surface area contributed by atoms with Gasteiger partial charge in [-0.2, -0.15) is 0 Å². The van der Waals surface area contributed by atoms with Crippen molar-refractivity contribution in [2.24, 2.45) is 5.92 Å². The van der Waals surface area contributed by atoms with Crippen LogP contribution in [0.3, 0.4) is 0 Å². The molecule has 2 nitrogen and oxygen atoms in total. The van der Waals surface area contributed by atoms with Crippen LogP contribution in [0.4, 0.5) is 0 Å². The third-order valence-corrected chi connectivity index (χ3v) is 2.47. The van der Waals surface area contributed by atoms with Crippen LogP contribution in [-0.4, -0.2) is 24.4 Å². The minimum absolute atomic E-state index is 0.694. The van der Waals surface area contributed by atoms with Crippen LogP contribution in [-0.2, 0) is 4.74 Å². The minimum atomic E-state index is 0.694. The van der Waals surface area contributed by atoms with Crippen LogP contribution >= 0.6 is 9.39 Å². The highest BCUT2D eigenvalue weighted by molar-refractivity contribution is 7.13. The van der Waals surface area contributed by atoms with E-state index in [4.69, 9.17) is 4.74 Å². The average Bonchev–Trinajstić information content (AvgIpc) is 2.01. The molecule has 1 aliphatic heterocycles. The first-order valence-corrected chi connectivity index (χ1v) is 4.56. The summed E-state index contributed by atoms with van der Waals surface area (Å²) in [7, 11) is 2.75. The summed E-state index contributed by atoms with van der Waals surface area (Å²) in [4.78, 5) is 0. The van der Waals surface area contributed by atoms with Crippen molar-refractivity contribution in [3.05, 3.63) is 12.8 Å². The van der Waals surface area contributed by atoms with E-state index in [0.717, 1.165) is 13.2 Å². The summed E-state index contributed by atoms with van der Waals surface area (Å²) in [6.45, 7) is 6.69. The average molecular weight is 173 g/mol. The third kappa shape index (κ3) is 3.22. The molecule has 2 atom stereocenters. The maximum atomic E-state index is 5.15. The van der Waals surface area contributed by atoms with Gasteiger partial charge in [0.25, 0.3) is 0 Å². The maximum Gasteiger partial charge on any atom is 0.0913 e. The van der Waals surface area contributed by atoms with Crippen LogP contribution in [0.15, 0.2) is 12.8 Å². The molecule has 3 heteroatoms. The Bertz CT molecular complexity index is 129. The molecule has 0 radical (unpaired) electrons. The van der Waals surface area contributed by atoms with Gasteiger partial charge in [0.2, 0.25) is 0 Å². The van der Waals surface area contributed by atoms with E-state index in [1.165, 1.54) is 25.6 Å². The van der Waals surface area contributed by atoms with Crippen molar-refractivity contribution in [1.82, 2.24) is 4.67 Å². The van der Waals surface area contributed by atoms with Crippen molar-refractivity contribution < 1.29 is 4.74 Å². The second-order valence-electron chi connectivity index (χ2n) is 3.00. The molecular weight excluding hydrogens is 157 g/mol. The fraction of sp³-hybridized carbons (Fsp3) is 0.750. The normalized spacial score (nSPS) is 26.5. The van der Waals surface area contributed by atoms with E-state index in [0.29, 0.717) is 5.92 Å². The van der Waals surface area contributed by atoms with E-state index in [1.54, 1.807) is 0 Å². The van der Waals surface area contributed by atoms with Gasteiger partial charge in [-0.1, -0.05) is 16.0 Å². The second-order valence-corrected chi connectivity index (χ2v) is 3.73. The lowest BCUT2D eigenvalue weighted by atomic mass is 10.0. The number of hydrogen-bond donors (Lipinski definition) is 0. The van der Waals surface area contributed by atoms with Gasteiger partial charge in [-0.15, -0.1) is 0 Å². The fourth-order valence-corrected chi connectivity index (χ4v) is 1.92. The lowest BCUT2D eigenvalue weighted by Gasteiger charge is -2.28. The molecule has 0 saturated carbocycles. The van der Waals surface area contributed by atoms with Crippen LogP contribution in [0, 0.1) is 5.92 Å². The molecular formula is C8H16NOP. The van der Waals surface area contributed by atoms with Crippen molar-refractivity contribution in [1.29, 1.82) is 0 Å². The first-order chi connectivity index (χ1) is 5.33. The number of hydrogen-bond acceptors (Lipinski definition) is 2. The van der Waals surface area contributed by atoms with E-state index in [2.05, 4.69) is 20.6 Å². The van der Waals surface area contributed by atoms with Crippen LogP contribution in [0.5, 0.6) is 0 Å². The molecule has 2 unspecified atom stereocenters. The Morgan fingerprint density at radius 3 is 3.18 bits per heavy atom. The van der Waals surface area contributed by atoms with E-state index in [9.17, 15) is 0 Å². The molecule has 1 fully saturated rings. The lowest BCUT2D eigenvalue weighted by molar-refractivity contribution is 0.151. The lowest BCUT2D eigenvalue weighted by Crippen LogP contribution is -2.30. The largest absolute Gasteiger partial charge is 0.501 e. The van der Waals surface area contributed by atoms with Crippen molar-refractivity contribution in [3.8, 4) is 0 Å². The molecule has 1 aliphatic rings. The van der Waals surface area contributed by atoms with Gasteiger partial charge in [0.1, 0.15) is 0 Å². The summed E-state index contributed by atoms with van der Waals surface area (Å²) in [6, 6.07) is 0. The van der Waals surface area contributed by atoms with E-state index < -0.39 is 0 Å². The Morgan fingerprint density at radius 2 is 2.55 bits per heavy atom. The summed E-state index contributed by atoms with van der Waals surface area (Å²) in [5.74, 6) is 0.694. The predicted octanol–water partition coefficient (Wildman–Crippen LogP) is 1.65. The van der Waals surface area contributed by atoms with Crippen molar-refractivity contribution in [2.75, 3.05) is 19.7 Å². The Labute approximate surface area is 70.9 Å². The molecule has 0 aromatic rings. The predicted molar refractivity (Wildman–Crippen MR) is 50.2 cm³/mol. The molecule has 0 aromatic heterocycles. The first kappa shape index (κ1) is 9.02. The Hall–Kier alpha value is -0.0700. The van der Waals surface area contributed by atoms with Crippen LogP contribution in [0.1, 0.15) is 12.8 Å². The summed E-state index contributed by atoms with van der Waals surface area (Å²) in [5, 5.41) is 0. The zero-order valence-corrected chi connectivity index (χ0v) is 7.98. The van der Waals surface area contributed by atoms with Crippen molar-refractivity contribution in [3.63, 3.8) is 0 Å². The number of ether oxygens (including phenoxy) is 1. The zero-order valence-electron chi connectivity index (χ0n) is 6.83. The summed E-state index contributed by atoms with van der Waals surface area (Å²) >= 11 is 0. The Morgan fingerprint density at radius 1 is 1.73 bits per heavy atom. The van der Waals surface area contributed by atoms with Crippen molar-refractivity contribution in [2.45, 2.75) is 12.8 Å².